The average molecular weight is 473 g/mol. The lowest BCUT2D eigenvalue weighted by Gasteiger charge is -2.40. The molecule has 2 aliphatic heterocycles. The Kier molecular flexibility index (Phi) is 5.60. The van der Waals surface area contributed by atoms with Crippen LogP contribution in [0.15, 0.2) is 36.5 Å². The van der Waals surface area contributed by atoms with E-state index in [-0.39, 0.29) is 6.04 Å². The van der Waals surface area contributed by atoms with Crippen LogP contribution >= 0.6 is 0 Å². The number of aromatic amines is 1. The lowest BCUT2D eigenvalue weighted by atomic mass is 10.0. The molecule has 1 unspecified atom stereocenters. The summed E-state index contributed by atoms with van der Waals surface area (Å²) in [4.78, 5) is 19.7. The van der Waals surface area contributed by atoms with Crippen LogP contribution < -0.4 is 15.0 Å². The summed E-state index contributed by atoms with van der Waals surface area (Å²) >= 11 is 0. The summed E-state index contributed by atoms with van der Waals surface area (Å²) < 4.78 is 43.7. The minimum Gasteiger partial charge on any atom is -0.410 e. The summed E-state index contributed by atoms with van der Waals surface area (Å²) in [6, 6.07) is 8.06. The Balaban J connectivity index is 1.26. The van der Waals surface area contributed by atoms with Crippen molar-refractivity contribution >= 4 is 11.9 Å². The Morgan fingerprint density at radius 3 is 2.76 bits per heavy atom. The molecule has 2 aliphatic rings. The van der Waals surface area contributed by atoms with E-state index in [1.807, 2.05) is 24.0 Å². The van der Waals surface area contributed by atoms with Crippen molar-refractivity contribution in [3.63, 3.8) is 0 Å². The zero-order chi connectivity index (χ0) is 23.9. The first-order valence-corrected chi connectivity index (χ1v) is 10.8. The molecule has 178 valence electrons. The van der Waals surface area contributed by atoms with E-state index in [4.69, 9.17) is 4.74 Å². The number of nitrogens with one attached hydrogen (secondary N) is 2. The second-order valence-electron chi connectivity index (χ2n) is 8.36. The van der Waals surface area contributed by atoms with E-state index in [0.29, 0.717) is 44.3 Å². The van der Waals surface area contributed by atoms with Crippen molar-refractivity contribution in [1.82, 2.24) is 30.6 Å². The summed E-state index contributed by atoms with van der Waals surface area (Å²) in [5.74, 6) is 1.06. The highest BCUT2D eigenvalue weighted by atomic mass is 19.4. The number of benzene rings is 1. The normalized spacial score (nSPS) is 18.9. The van der Waals surface area contributed by atoms with Crippen molar-refractivity contribution in [2.24, 2.45) is 0 Å². The fourth-order valence-corrected chi connectivity index (χ4v) is 4.31. The molecule has 12 heteroatoms. The van der Waals surface area contributed by atoms with Crippen LogP contribution in [0.1, 0.15) is 23.7 Å². The van der Waals surface area contributed by atoms with Crippen molar-refractivity contribution in [3.8, 4) is 17.0 Å². The quantitative estimate of drug-likeness (QED) is 0.600. The van der Waals surface area contributed by atoms with Gasteiger partial charge in [0.05, 0.1) is 5.56 Å². The molecule has 5 rings (SSSR count). The van der Waals surface area contributed by atoms with Gasteiger partial charge in [-0.3, -0.25) is 4.90 Å². The Hall–Kier alpha value is -3.67. The first kappa shape index (κ1) is 22.1. The summed E-state index contributed by atoms with van der Waals surface area (Å²) in [5, 5.41) is 14.0. The Labute approximate surface area is 192 Å². The molecule has 0 bridgehead atoms. The summed E-state index contributed by atoms with van der Waals surface area (Å²) in [5.41, 5.74) is 2.48. The monoisotopic (exact) mass is 473 g/mol. The maximum Gasteiger partial charge on any atom is 0.417 e. The van der Waals surface area contributed by atoms with E-state index in [1.54, 1.807) is 6.07 Å². The number of nitrogens with zero attached hydrogens (tertiary/aromatic N) is 5. The highest BCUT2D eigenvalue weighted by Crippen LogP contribution is 2.31. The van der Waals surface area contributed by atoms with E-state index in [9.17, 15) is 18.0 Å². The molecule has 1 fully saturated rings. The van der Waals surface area contributed by atoms with Crippen LogP contribution in [0.3, 0.4) is 0 Å². The van der Waals surface area contributed by atoms with Crippen molar-refractivity contribution < 1.29 is 22.7 Å². The molecular formula is C22H22F3N7O2. The van der Waals surface area contributed by atoms with E-state index < -0.39 is 17.8 Å². The van der Waals surface area contributed by atoms with Gasteiger partial charge in [0, 0.05) is 56.1 Å². The van der Waals surface area contributed by atoms with Gasteiger partial charge in [-0.05, 0) is 37.3 Å². The molecule has 2 aromatic heterocycles. The third-order valence-electron chi connectivity index (χ3n) is 6.03. The lowest BCUT2D eigenvalue weighted by Crippen LogP contribution is -2.52. The molecule has 9 nitrogen and oxygen atoms in total. The van der Waals surface area contributed by atoms with Crippen LogP contribution in [-0.2, 0) is 19.3 Å². The zero-order valence-corrected chi connectivity index (χ0v) is 18.3. The van der Waals surface area contributed by atoms with Gasteiger partial charge in [0.15, 0.2) is 0 Å². The maximum absolute atomic E-state index is 12.8. The number of anilines is 1. The number of halogens is 3. The number of rotatable bonds is 4. The molecule has 1 atom stereocenters. The number of carbonyl (C=O) groups is 1. The third-order valence-corrected chi connectivity index (χ3v) is 6.03. The van der Waals surface area contributed by atoms with Crippen LogP contribution in [0.5, 0.6) is 5.75 Å². The number of aromatic nitrogens is 4. The van der Waals surface area contributed by atoms with E-state index >= 15 is 0 Å². The van der Waals surface area contributed by atoms with Crippen LogP contribution in [-0.4, -0.2) is 57.1 Å². The fourth-order valence-electron chi connectivity index (χ4n) is 4.31. The van der Waals surface area contributed by atoms with Gasteiger partial charge in [-0.2, -0.15) is 28.6 Å². The molecule has 0 aliphatic carbocycles. The molecule has 1 amide bonds. The molecule has 4 heterocycles. The van der Waals surface area contributed by atoms with Crippen molar-refractivity contribution in [3.05, 3.63) is 53.3 Å². The molecule has 1 aromatic carbocycles. The molecule has 2 N–H and O–H groups in total. The standard InChI is InChI=1S/C22H22F3N7O2/c1-13-11-31(6-7-32(13)19-5-3-16(10-26-19)22(23,24)25)12-17-20(29-30-28-17)14-2-4-18-15(8-14)9-27-21(33)34-18/h2-5,8,10,13H,6-7,9,11-12H2,1H3,(H,27,33)(H,28,29,30). The number of fused-ring (bicyclic) bond motifs is 1. The van der Waals surface area contributed by atoms with Crippen molar-refractivity contribution in [2.75, 3.05) is 24.5 Å². The number of amides is 1. The van der Waals surface area contributed by atoms with Crippen LogP contribution in [0.2, 0.25) is 0 Å². The summed E-state index contributed by atoms with van der Waals surface area (Å²) in [7, 11) is 0. The Bertz CT molecular complexity index is 1200. The van der Waals surface area contributed by atoms with E-state index in [0.717, 1.165) is 34.8 Å². The predicted octanol–water partition coefficient (Wildman–Crippen LogP) is 3.20. The highest BCUT2D eigenvalue weighted by Gasteiger charge is 2.32. The second-order valence-corrected chi connectivity index (χ2v) is 8.36. The maximum atomic E-state index is 12.8. The van der Waals surface area contributed by atoms with Gasteiger partial charge in [-0.15, -0.1) is 0 Å². The summed E-state index contributed by atoms with van der Waals surface area (Å²) in [6.07, 6.45) is -3.99. The molecule has 3 aromatic rings. The van der Waals surface area contributed by atoms with Crippen molar-refractivity contribution in [2.45, 2.75) is 32.2 Å². The lowest BCUT2D eigenvalue weighted by molar-refractivity contribution is -0.137. The van der Waals surface area contributed by atoms with Crippen molar-refractivity contribution in [1.29, 1.82) is 0 Å². The van der Waals surface area contributed by atoms with Gasteiger partial charge in [0.1, 0.15) is 23.0 Å². The van der Waals surface area contributed by atoms with Gasteiger partial charge in [-0.1, -0.05) is 0 Å². The van der Waals surface area contributed by atoms with Crippen LogP contribution in [0, 0.1) is 0 Å². The first-order valence-electron chi connectivity index (χ1n) is 10.8. The fraction of sp³-hybridized carbons (Fsp3) is 0.364. The number of hydrogen-bond donors (Lipinski definition) is 2. The zero-order valence-electron chi connectivity index (χ0n) is 18.3. The van der Waals surface area contributed by atoms with E-state index in [2.05, 4.69) is 30.6 Å². The molecule has 1 saturated heterocycles. The van der Waals surface area contributed by atoms with Crippen LogP contribution in [0.25, 0.3) is 11.3 Å². The minimum absolute atomic E-state index is 0.0536. The molecule has 0 spiro atoms. The molecular weight excluding hydrogens is 451 g/mol. The second kappa shape index (κ2) is 8.60. The minimum atomic E-state index is -4.40. The predicted molar refractivity (Wildman–Crippen MR) is 116 cm³/mol. The number of hydrogen-bond acceptors (Lipinski definition) is 7. The largest absolute Gasteiger partial charge is 0.417 e. The van der Waals surface area contributed by atoms with Crippen LogP contribution in [0.4, 0.5) is 23.8 Å². The molecule has 0 radical (unpaired) electrons. The number of pyridine rings is 1. The van der Waals surface area contributed by atoms with Gasteiger partial charge in [0.25, 0.3) is 0 Å². The van der Waals surface area contributed by atoms with Gasteiger partial charge in [-0.25, -0.2) is 9.78 Å². The number of carbonyl (C=O) groups excluding carboxylic acids is 1. The number of piperazine rings is 1. The Morgan fingerprint density at radius 1 is 1.18 bits per heavy atom. The van der Waals surface area contributed by atoms with Gasteiger partial charge >= 0.3 is 12.3 Å². The SMILES string of the molecule is CC1CN(Cc2n[nH]nc2-c2ccc3c(c2)CNC(=O)O3)CCN1c1ccc(C(F)(F)F)cn1. The highest BCUT2D eigenvalue weighted by molar-refractivity contribution is 5.74. The Morgan fingerprint density at radius 2 is 2.03 bits per heavy atom. The number of H-pyrrole nitrogens is 1. The smallest absolute Gasteiger partial charge is 0.410 e. The first-order chi connectivity index (χ1) is 16.3. The molecule has 34 heavy (non-hydrogen) atoms. The molecule has 0 saturated carbocycles. The van der Waals surface area contributed by atoms with Gasteiger partial charge in [0.2, 0.25) is 0 Å². The van der Waals surface area contributed by atoms with Gasteiger partial charge < -0.3 is 15.0 Å². The number of ether oxygens (including phenoxy) is 1. The average Bonchev–Trinajstić information content (AvgIpc) is 3.26. The number of alkyl halides is 3. The topological polar surface area (TPSA) is 99.3 Å². The van der Waals surface area contributed by atoms with E-state index in [1.165, 1.54) is 6.07 Å². The summed E-state index contributed by atoms with van der Waals surface area (Å²) in [6.45, 7) is 4.99. The third kappa shape index (κ3) is 4.40.